The molecular weight excluding hydrogens is 264 g/mol. The summed E-state index contributed by atoms with van der Waals surface area (Å²) < 4.78 is 2.06. The van der Waals surface area contributed by atoms with Crippen molar-refractivity contribution in [3.63, 3.8) is 0 Å². The van der Waals surface area contributed by atoms with E-state index < -0.39 is 0 Å². The average Bonchev–Trinajstić information content (AvgIpc) is 2.86. The molecule has 0 aliphatic heterocycles. The molecule has 0 unspecified atom stereocenters. The van der Waals surface area contributed by atoms with Crippen LogP contribution in [0.15, 0.2) is 48.7 Å². The Morgan fingerprint density at radius 3 is 2.71 bits per heavy atom. The first-order valence-electron chi connectivity index (χ1n) is 6.84. The molecule has 106 valence electrons. The number of rotatable bonds is 3. The van der Waals surface area contributed by atoms with Crippen LogP contribution in [0.25, 0.3) is 10.9 Å². The number of nitro benzene ring substituents is 1. The lowest BCUT2D eigenvalue weighted by molar-refractivity contribution is -0.383. The highest BCUT2D eigenvalue weighted by Gasteiger charge is 2.14. The lowest BCUT2D eigenvalue weighted by atomic mass is 10.1. The van der Waals surface area contributed by atoms with Gasteiger partial charge in [-0.25, -0.2) is 0 Å². The highest BCUT2D eigenvalue weighted by Crippen LogP contribution is 2.27. The second-order valence-electron chi connectivity index (χ2n) is 5.34. The quantitative estimate of drug-likeness (QED) is 0.533. The third-order valence-corrected chi connectivity index (χ3v) is 3.83. The standard InChI is InChI=1S/C17H16N2O2/c1-12-6-7-13(2)14(10-12)11-18-9-8-15-16(18)4-3-5-17(15)19(20)21/h3-10H,11H2,1-2H3. The molecule has 0 bridgehead atoms. The van der Waals surface area contributed by atoms with Gasteiger partial charge in [-0.1, -0.05) is 29.8 Å². The Hall–Kier alpha value is -2.62. The Morgan fingerprint density at radius 2 is 1.95 bits per heavy atom. The molecule has 4 nitrogen and oxygen atoms in total. The molecule has 0 atom stereocenters. The summed E-state index contributed by atoms with van der Waals surface area (Å²) in [6.45, 7) is 4.88. The molecule has 0 spiro atoms. The smallest absolute Gasteiger partial charge is 0.278 e. The Labute approximate surface area is 122 Å². The van der Waals surface area contributed by atoms with E-state index in [9.17, 15) is 10.1 Å². The van der Waals surface area contributed by atoms with E-state index in [2.05, 4.69) is 36.6 Å². The number of nitro groups is 1. The highest BCUT2D eigenvalue weighted by atomic mass is 16.6. The van der Waals surface area contributed by atoms with Crippen LogP contribution in [0.3, 0.4) is 0 Å². The molecule has 1 aromatic heterocycles. The monoisotopic (exact) mass is 280 g/mol. The van der Waals surface area contributed by atoms with Crippen LogP contribution < -0.4 is 0 Å². The van der Waals surface area contributed by atoms with Crippen molar-refractivity contribution in [3.8, 4) is 0 Å². The van der Waals surface area contributed by atoms with Crippen LogP contribution in [0.5, 0.6) is 0 Å². The zero-order valence-electron chi connectivity index (χ0n) is 12.0. The van der Waals surface area contributed by atoms with Crippen LogP contribution in [0.2, 0.25) is 0 Å². The number of aryl methyl sites for hydroxylation is 2. The van der Waals surface area contributed by atoms with Crippen LogP contribution >= 0.6 is 0 Å². The molecule has 0 saturated heterocycles. The summed E-state index contributed by atoms with van der Waals surface area (Å²) in [5.41, 5.74) is 4.74. The number of aromatic nitrogens is 1. The predicted molar refractivity (Wildman–Crippen MR) is 83.6 cm³/mol. The van der Waals surface area contributed by atoms with Gasteiger partial charge < -0.3 is 4.57 Å². The summed E-state index contributed by atoms with van der Waals surface area (Å²) in [5, 5.41) is 11.8. The fourth-order valence-corrected chi connectivity index (χ4v) is 2.66. The Kier molecular flexibility index (Phi) is 3.22. The maximum Gasteiger partial charge on any atom is 0.278 e. The average molecular weight is 280 g/mol. The summed E-state index contributed by atoms with van der Waals surface area (Å²) in [6.07, 6.45) is 1.92. The number of non-ortho nitro benzene ring substituents is 1. The predicted octanol–water partition coefficient (Wildman–Crippen LogP) is 4.21. The maximum atomic E-state index is 11.1. The van der Waals surface area contributed by atoms with Crippen LogP contribution in [0, 0.1) is 24.0 Å². The van der Waals surface area contributed by atoms with Gasteiger partial charge >= 0.3 is 0 Å². The summed E-state index contributed by atoms with van der Waals surface area (Å²) in [6, 6.07) is 13.4. The number of fused-ring (bicyclic) bond motifs is 1. The van der Waals surface area contributed by atoms with Crippen molar-refractivity contribution in [1.29, 1.82) is 0 Å². The number of hydrogen-bond acceptors (Lipinski definition) is 2. The molecular formula is C17H16N2O2. The van der Waals surface area contributed by atoms with Crippen molar-refractivity contribution in [1.82, 2.24) is 4.57 Å². The van der Waals surface area contributed by atoms with Crippen LogP contribution in [0.1, 0.15) is 16.7 Å². The van der Waals surface area contributed by atoms with E-state index in [0.717, 1.165) is 12.1 Å². The lowest BCUT2D eigenvalue weighted by Crippen LogP contribution is -2.00. The van der Waals surface area contributed by atoms with E-state index in [0.29, 0.717) is 5.39 Å². The van der Waals surface area contributed by atoms with Gasteiger partial charge in [0.15, 0.2) is 0 Å². The second kappa shape index (κ2) is 5.05. The van der Waals surface area contributed by atoms with Crippen LogP contribution in [0.4, 0.5) is 5.69 Å². The highest BCUT2D eigenvalue weighted by molar-refractivity contribution is 5.89. The zero-order valence-corrected chi connectivity index (χ0v) is 12.0. The molecule has 3 aromatic rings. The molecule has 0 N–H and O–H groups in total. The zero-order chi connectivity index (χ0) is 15.0. The molecule has 2 aromatic carbocycles. The maximum absolute atomic E-state index is 11.1. The minimum atomic E-state index is -0.329. The third kappa shape index (κ3) is 2.40. The number of hydrogen-bond donors (Lipinski definition) is 0. The number of benzene rings is 2. The lowest BCUT2D eigenvalue weighted by Gasteiger charge is -2.10. The van der Waals surface area contributed by atoms with Gasteiger partial charge in [-0.05, 0) is 37.1 Å². The topological polar surface area (TPSA) is 48.1 Å². The first kappa shape index (κ1) is 13.4. The van der Waals surface area contributed by atoms with Crippen LogP contribution in [-0.4, -0.2) is 9.49 Å². The molecule has 21 heavy (non-hydrogen) atoms. The van der Waals surface area contributed by atoms with E-state index >= 15 is 0 Å². The first-order chi connectivity index (χ1) is 10.1. The molecule has 1 heterocycles. The fourth-order valence-electron chi connectivity index (χ4n) is 2.66. The summed E-state index contributed by atoms with van der Waals surface area (Å²) in [5.74, 6) is 0. The van der Waals surface area contributed by atoms with Gasteiger partial charge in [0.05, 0.1) is 15.8 Å². The van der Waals surface area contributed by atoms with E-state index in [-0.39, 0.29) is 10.6 Å². The molecule has 0 amide bonds. The molecule has 0 saturated carbocycles. The molecule has 0 aliphatic rings. The van der Waals surface area contributed by atoms with Crippen molar-refractivity contribution in [3.05, 3.63) is 75.5 Å². The van der Waals surface area contributed by atoms with Gasteiger partial charge in [-0.15, -0.1) is 0 Å². The van der Waals surface area contributed by atoms with Crippen molar-refractivity contribution < 1.29 is 4.92 Å². The second-order valence-corrected chi connectivity index (χ2v) is 5.34. The molecule has 0 fully saturated rings. The van der Waals surface area contributed by atoms with E-state index in [4.69, 9.17) is 0 Å². The van der Waals surface area contributed by atoms with Gasteiger partial charge in [0.1, 0.15) is 0 Å². The van der Waals surface area contributed by atoms with Crippen molar-refractivity contribution in [2.45, 2.75) is 20.4 Å². The van der Waals surface area contributed by atoms with Crippen molar-refractivity contribution in [2.24, 2.45) is 0 Å². The van der Waals surface area contributed by atoms with Gasteiger partial charge in [0, 0.05) is 18.8 Å². The summed E-state index contributed by atoms with van der Waals surface area (Å²) in [7, 11) is 0. The normalized spacial score (nSPS) is 11.0. The molecule has 4 heteroatoms. The minimum absolute atomic E-state index is 0.159. The van der Waals surface area contributed by atoms with Crippen molar-refractivity contribution >= 4 is 16.6 Å². The first-order valence-corrected chi connectivity index (χ1v) is 6.84. The summed E-state index contributed by atoms with van der Waals surface area (Å²) in [4.78, 5) is 10.7. The fraction of sp³-hybridized carbons (Fsp3) is 0.176. The minimum Gasteiger partial charge on any atom is -0.343 e. The number of nitrogens with zero attached hydrogens (tertiary/aromatic N) is 2. The van der Waals surface area contributed by atoms with Crippen LogP contribution in [-0.2, 0) is 6.54 Å². The van der Waals surface area contributed by atoms with Crippen molar-refractivity contribution in [2.75, 3.05) is 0 Å². The Morgan fingerprint density at radius 1 is 1.14 bits per heavy atom. The molecule has 3 rings (SSSR count). The van der Waals surface area contributed by atoms with Gasteiger partial charge in [-0.3, -0.25) is 10.1 Å². The Bertz CT molecular complexity index is 834. The largest absolute Gasteiger partial charge is 0.343 e. The molecule has 0 aliphatic carbocycles. The molecule has 0 radical (unpaired) electrons. The van der Waals surface area contributed by atoms with Gasteiger partial charge in [0.2, 0.25) is 0 Å². The van der Waals surface area contributed by atoms with Gasteiger partial charge in [-0.2, -0.15) is 0 Å². The van der Waals surface area contributed by atoms with Gasteiger partial charge in [0.25, 0.3) is 5.69 Å². The van der Waals surface area contributed by atoms with E-state index in [1.165, 1.54) is 16.7 Å². The third-order valence-electron chi connectivity index (χ3n) is 3.83. The SMILES string of the molecule is Cc1ccc(C)c(Cn2ccc3c([N+](=O)[O-])cccc32)c1. The Balaban J connectivity index is 2.08. The van der Waals surface area contributed by atoms with E-state index in [1.807, 2.05) is 18.3 Å². The van der Waals surface area contributed by atoms with E-state index in [1.54, 1.807) is 12.1 Å². The summed E-state index contributed by atoms with van der Waals surface area (Å²) >= 11 is 0.